The molecule has 1 heterocycles. The summed E-state index contributed by atoms with van der Waals surface area (Å²) in [6.07, 6.45) is 6.76. The molecular formula is C26H38N2O7S. The van der Waals surface area contributed by atoms with Crippen molar-refractivity contribution in [1.82, 2.24) is 4.72 Å². The molecule has 1 aromatic carbocycles. The normalized spacial score (nSPS) is 31.6. The first-order valence-electron chi connectivity index (χ1n) is 12.5. The number of amides is 1. The predicted octanol–water partition coefficient (Wildman–Crippen LogP) is 2.89. The molecule has 200 valence electrons. The minimum absolute atomic E-state index is 0.0214. The van der Waals surface area contributed by atoms with Crippen LogP contribution in [-0.4, -0.2) is 70.5 Å². The smallest absolute Gasteiger partial charge is 0.264 e. The molecule has 0 unspecified atom stereocenters. The van der Waals surface area contributed by atoms with E-state index >= 15 is 0 Å². The number of hydrogen-bond donors (Lipinski definition) is 2. The topological polar surface area (TPSA) is 122 Å². The van der Waals surface area contributed by atoms with Gasteiger partial charge in [-0.3, -0.25) is 9.59 Å². The molecule has 1 amide bonds. The van der Waals surface area contributed by atoms with E-state index < -0.39 is 26.8 Å². The molecule has 1 fully saturated rings. The largest absolute Gasteiger partial charge is 0.506 e. The van der Waals surface area contributed by atoms with Gasteiger partial charge in [0.1, 0.15) is 11.4 Å². The zero-order valence-corrected chi connectivity index (χ0v) is 22.3. The average molecular weight is 523 g/mol. The number of aldehydes is 1. The number of carbonyl (C=O) groups excluding carboxylic acids is 2. The molecule has 2 aliphatic rings. The monoisotopic (exact) mass is 522 g/mol. The molecule has 0 saturated heterocycles. The van der Waals surface area contributed by atoms with Crippen LogP contribution in [0.1, 0.15) is 49.9 Å². The maximum atomic E-state index is 13.3. The molecule has 1 aromatic rings. The van der Waals surface area contributed by atoms with Crippen LogP contribution in [0.5, 0.6) is 5.75 Å². The van der Waals surface area contributed by atoms with E-state index in [1.54, 1.807) is 20.0 Å². The fourth-order valence-corrected chi connectivity index (χ4v) is 7.01. The van der Waals surface area contributed by atoms with Crippen LogP contribution < -0.4 is 9.62 Å². The molecular weight excluding hydrogens is 484 g/mol. The van der Waals surface area contributed by atoms with Gasteiger partial charge in [0.2, 0.25) is 10.0 Å². The van der Waals surface area contributed by atoms with Crippen molar-refractivity contribution in [1.29, 1.82) is 0 Å². The van der Waals surface area contributed by atoms with Gasteiger partial charge in [-0.15, -0.1) is 0 Å². The first kappa shape index (κ1) is 28.1. The highest BCUT2D eigenvalue weighted by Gasteiger charge is 2.47. The molecule has 1 aliphatic heterocycles. The summed E-state index contributed by atoms with van der Waals surface area (Å²) >= 11 is 0. The number of methoxy groups -OCH3 is 1. The minimum atomic E-state index is -4.06. The van der Waals surface area contributed by atoms with Crippen molar-refractivity contribution < 1.29 is 32.6 Å². The van der Waals surface area contributed by atoms with Gasteiger partial charge in [0.15, 0.2) is 6.29 Å². The number of benzene rings is 1. The van der Waals surface area contributed by atoms with E-state index in [0.29, 0.717) is 25.3 Å². The number of phenolic OH excluding ortho intramolecular Hbond substituents is 1. The fourth-order valence-electron chi connectivity index (χ4n) is 5.35. The Labute approximate surface area is 213 Å². The molecule has 0 spiro atoms. The van der Waals surface area contributed by atoms with E-state index in [1.165, 1.54) is 25.3 Å². The highest BCUT2D eigenvalue weighted by atomic mass is 32.2. The standard InChI is InChI=1S/C26H38N2O7S/c1-5-35-26(17-29)13-6-7-18(2)24(12-14-34-4)36(32,33)27-25(31)19-9-11-23(30)22(15-19)28(3)16-20-8-10-21(20)26/h6,9,11,13,15,17-18,20-21,24,30H,5,7-8,10,12,14,16H2,1-4H3,(H,27,31)/b13-6+/t18-,20-,21+,24+,26-/m0/s1. The van der Waals surface area contributed by atoms with Crippen LogP contribution >= 0.6 is 0 Å². The van der Waals surface area contributed by atoms with Gasteiger partial charge in [0.05, 0.1) is 10.9 Å². The lowest BCUT2D eigenvalue weighted by Gasteiger charge is -2.47. The van der Waals surface area contributed by atoms with Crippen molar-refractivity contribution in [3.8, 4) is 5.75 Å². The van der Waals surface area contributed by atoms with Crippen molar-refractivity contribution in [3.63, 3.8) is 0 Å². The zero-order chi connectivity index (χ0) is 26.5. The van der Waals surface area contributed by atoms with Gasteiger partial charge in [-0.2, -0.15) is 0 Å². The second kappa shape index (κ2) is 11.7. The van der Waals surface area contributed by atoms with Gasteiger partial charge in [-0.05, 0) is 68.7 Å². The molecule has 2 bridgehead atoms. The molecule has 0 aromatic heterocycles. The van der Waals surface area contributed by atoms with E-state index in [1.807, 2.05) is 17.9 Å². The number of ether oxygens (including phenoxy) is 2. The van der Waals surface area contributed by atoms with Crippen molar-refractivity contribution in [2.75, 3.05) is 38.8 Å². The van der Waals surface area contributed by atoms with Gasteiger partial charge in [-0.1, -0.05) is 13.0 Å². The van der Waals surface area contributed by atoms with Crippen LogP contribution in [0, 0.1) is 17.8 Å². The van der Waals surface area contributed by atoms with Crippen LogP contribution in [-0.2, 0) is 24.3 Å². The summed E-state index contributed by atoms with van der Waals surface area (Å²) in [6.45, 7) is 4.76. The third-order valence-electron chi connectivity index (χ3n) is 7.49. The van der Waals surface area contributed by atoms with E-state index in [2.05, 4.69) is 4.72 Å². The summed E-state index contributed by atoms with van der Waals surface area (Å²) in [5.74, 6) is -1.06. The third kappa shape index (κ3) is 5.92. The van der Waals surface area contributed by atoms with Crippen LogP contribution in [0.15, 0.2) is 30.4 Å². The minimum Gasteiger partial charge on any atom is -0.506 e. The molecule has 3 rings (SSSR count). The summed E-state index contributed by atoms with van der Waals surface area (Å²) in [5.41, 5.74) is -0.565. The molecule has 5 atom stereocenters. The number of nitrogens with zero attached hydrogens (tertiary/aromatic N) is 1. The van der Waals surface area contributed by atoms with Crippen LogP contribution in [0.4, 0.5) is 5.69 Å². The number of fused-ring (bicyclic) bond motifs is 3. The number of phenols is 1. The summed E-state index contributed by atoms with van der Waals surface area (Å²) in [6, 6.07) is 4.27. The Morgan fingerprint density at radius 3 is 2.67 bits per heavy atom. The van der Waals surface area contributed by atoms with Crippen LogP contribution in [0.3, 0.4) is 0 Å². The number of sulfonamides is 1. The number of allylic oxidation sites excluding steroid dienone is 1. The second-order valence-corrected chi connectivity index (χ2v) is 11.7. The Kier molecular flexibility index (Phi) is 9.18. The molecule has 0 radical (unpaired) electrons. The van der Waals surface area contributed by atoms with E-state index in [9.17, 15) is 23.1 Å². The molecule has 10 heteroatoms. The number of anilines is 1. The van der Waals surface area contributed by atoms with Gasteiger partial charge in [-0.25, -0.2) is 13.1 Å². The highest BCUT2D eigenvalue weighted by molar-refractivity contribution is 7.90. The van der Waals surface area contributed by atoms with Crippen molar-refractivity contribution in [2.24, 2.45) is 17.8 Å². The first-order valence-corrected chi connectivity index (χ1v) is 14.0. The first-order chi connectivity index (χ1) is 17.1. The number of carbonyl (C=O) groups is 2. The molecule has 1 saturated carbocycles. The van der Waals surface area contributed by atoms with E-state index in [0.717, 1.165) is 19.1 Å². The second-order valence-electron chi connectivity index (χ2n) is 9.84. The van der Waals surface area contributed by atoms with E-state index in [-0.39, 0.29) is 42.1 Å². The van der Waals surface area contributed by atoms with Gasteiger partial charge < -0.3 is 19.5 Å². The number of rotatable bonds is 6. The average Bonchev–Trinajstić information content (AvgIpc) is 2.81. The highest BCUT2D eigenvalue weighted by Crippen LogP contribution is 2.45. The van der Waals surface area contributed by atoms with E-state index in [4.69, 9.17) is 9.47 Å². The number of aromatic hydroxyl groups is 1. The van der Waals surface area contributed by atoms with Crippen molar-refractivity contribution in [2.45, 2.75) is 50.4 Å². The van der Waals surface area contributed by atoms with Crippen LogP contribution in [0.25, 0.3) is 0 Å². The summed E-state index contributed by atoms with van der Waals surface area (Å²) in [4.78, 5) is 27.2. The lowest BCUT2D eigenvalue weighted by molar-refractivity contribution is -0.140. The predicted molar refractivity (Wildman–Crippen MR) is 138 cm³/mol. The Morgan fingerprint density at radius 1 is 1.31 bits per heavy atom. The summed E-state index contributed by atoms with van der Waals surface area (Å²) < 4.78 is 39.9. The fraction of sp³-hybridized carbons (Fsp3) is 0.615. The third-order valence-corrected chi connectivity index (χ3v) is 9.46. The Hall–Kier alpha value is -2.43. The SMILES string of the molecule is CCO[C@]1(C=O)/C=C/C[C@H](C)[C@@H](CCOC)S(=O)(=O)NC(=O)c2ccc(O)c(c2)N(C)C[C@@H]2CC[C@H]21. The molecule has 2 N–H and O–H groups in total. The number of nitrogens with one attached hydrogen (secondary N) is 1. The summed E-state index contributed by atoms with van der Waals surface area (Å²) in [7, 11) is -0.762. The van der Waals surface area contributed by atoms with Crippen LogP contribution in [0.2, 0.25) is 0 Å². The zero-order valence-electron chi connectivity index (χ0n) is 21.5. The molecule has 1 aliphatic carbocycles. The van der Waals surface area contributed by atoms with Gasteiger partial charge in [0, 0.05) is 45.4 Å². The molecule has 9 nitrogen and oxygen atoms in total. The maximum absolute atomic E-state index is 13.3. The summed E-state index contributed by atoms with van der Waals surface area (Å²) in [5, 5.41) is 9.60. The quantitative estimate of drug-likeness (QED) is 0.432. The maximum Gasteiger partial charge on any atom is 0.264 e. The Morgan fingerprint density at radius 2 is 2.06 bits per heavy atom. The lowest BCUT2D eigenvalue weighted by Crippen LogP contribution is -2.52. The van der Waals surface area contributed by atoms with Gasteiger partial charge in [0.25, 0.3) is 5.91 Å². The van der Waals surface area contributed by atoms with Gasteiger partial charge >= 0.3 is 0 Å². The van der Waals surface area contributed by atoms with Crippen molar-refractivity contribution in [3.05, 3.63) is 35.9 Å². The lowest BCUT2D eigenvalue weighted by atomic mass is 9.64. The van der Waals surface area contributed by atoms with Crippen molar-refractivity contribution >= 4 is 27.9 Å². The Balaban J connectivity index is 2.07. The Bertz CT molecular complexity index is 1070. The number of hydrogen-bond acceptors (Lipinski definition) is 8. The molecule has 36 heavy (non-hydrogen) atoms.